The maximum Gasteiger partial charge on any atom is 0.224 e. The summed E-state index contributed by atoms with van der Waals surface area (Å²) >= 11 is 0. The van der Waals surface area contributed by atoms with Crippen molar-refractivity contribution in [1.29, 1.82) is 0 Å². The van der Waals surface area contributed by atoms with E-state index < -0.39 is 10.0 Å². The Morgan fingerprint density at radius 3 is 2.89 bits per heavy atom. The van der Waals surface area contributed by atoms with Crippen LogP contribution in [0.2, 0.25) is 0 Å². The zero-order chi connectivity index (χ0) is 13.6. The van der Waals surface area contributed by atoms with Crippen LogP contribution < -0.4 is 5.32 Å². The van der Waals surface area contributed by atoms with Gasteiger partial charge in [-0.2, -0.15) is 0 Å². The summed E-state index contributed by atoms with van der Waals surface area (Å²) < 4.78 is 25.3. The van der Waals surface area contributed by atoms with E-state index in [4.69, 9.17) is 0 Å². The Kier molecular flexibility index (Phi) is 5.81. The molecule has 0 aromatic carbocycles. The number of amides is 1. The number of nitrogens with one attached hydrogen (secondary N) is 1. The Morgan fingerprint density at radius 2 is 2.28 bits per heavy atom. The minimum Gasteiger partial charge on any atom is -0.352 e. The Hall–Kier alpha value is -0.880. The zero-order valence-corrected chi connectivity index (χ0v) is 11.7. The maximum absolute atomic E-state index is 11.9. The summed E-state index contributed by atoms with van der Waals surface area (Å²) in [5.74, 6) is -0.148. The number of hydrogen-bond donors (Lipinski definition) is 1. The number of piperidine rings is 1. The lowest BCUT2D eigenvalue weighted by atomic mass is 9.99. The Balaban J connectivity index is 2.61. The fourth-order valence-electron chi connectivity index (χ4n) is 2.11. The van der Waals surface area contributed by atoms with E-state index in [1.807, 2.05) is 6.92 Å². The summed E-state index contributed by atoms with van der Waals surface area (Å²) in [4.78, 5) is 11.8. The molecule has 0 spiro atoms. The lowest BCUT2D eigenvalue weighted by Crippen LogP contribution is -2.46. The molecule has 1 N–H and O–H groups in total. The lowest BCUT2D eigenvalue weighted by Gasteiger charge is -2.31. The van der Waals surface area contributed by atoms with Gasteiger partial charge in [-0.1, -0.05) is 13.0 Å². The van der Waals surface area contributed by atoms with Gasteiger partial charge in [0.25, 0.3) is 0 Å². The van der Waals surface area contributed by atoms with Crippen molar-refractivity contribution in [3.8, 4) is 0 Å². The van der Waals surface area contributed by atoms with Gasteiger partial charge in [0, 0.05) is 19.6 Å². The molecule has 18 heavy (non-hydrogen) atoms. The lowest BCUT2D eigenvalue weighted by molar-refractivity contribution is -0.125. The topological polar surface area (TPSA) is 66.5 Å². The van der Waals surface area contributed by atoms with Crippen LogP contribution in [-0.2, 0) is 14.8 Å². The van der Waals surface area contributed by atoms with E-state index in [0.29, 0.717) is 26.1 Å². The zero-order valence-electron chi connectivity index (χ0n) is 10.9. The summed E-state index contributed by atoms with van der Waals surface area (Å²) in [5, 5.41) is 2.73. The molecule has 1 fully saturated rings. The highest BCUT2D eigenvalue weighted by Crippen LogP contribution is 2.19. The van der Waals surface area contributed by atoms with Gasteiger partial charge >= 0.3 is 0 Å². The molecule has 0 aromatic rings. The second kappa shape index (κ2) is 6.89. The molecule has 0 radical (unpaired) electrons. The molecular weight excluding hydrogens is 252 g/mol. The van der Waals surface area contributed by atoms with E-state index in [2.05, 4.69) is 11.9 Å². The van der Waals surface area contributed by atoms with Crippen LogP contribution in [0, 0.1) is 5.92 Å². The third-order valence-electron chi connectivity index (χ3n) is 3.03. The summed E-state index contributed by atoms with van der Waals surface area (Å²) in [7, 11) is -3.19. The molecule has 6 heteroatoms. The average Bonchev–Trinajstić information content (AvgIpc) is 2.36. The molecule has 0 saturated carbocycles. The van der Waals surface area contributed by atoms with Crippen LogP contribution in [0.4, 0.5) is 0 Å². The van der Waals surface area contributed by atoms with Crippen molar-refractivity contribution >= 4 is 15.9 Å². The second-order valence-electron chi connectivity index (χ2n) is 4.55. The number of rotatable bonds is 6. The highest BCUT2D eigenvalue weighted by Gasteiger charge is 2.31. The normalized spacial score (nSPS) is 21.5. The third kappa shape index (κ3) is 4.10. The molecule has 1 unspecified atom stereocenters. The first kappa shape index (κ1) is 15.2. The predicted molar refractivity (Wildman–Crippen MR) is 71.6 cm³/mol. The fourth-order valence-corrected chi connectivity index (χ4v) is 3.70. The molecule has 1 heterocycles. The predicted octanol–water partition coefficient (Wildman–Crippen LogP) is 0.740. The Morgan fingerprint density at radius 1 is 1.56 bits per heavy atom. The van der Waals surface area contributed by atoms with Crippen molar-refractivity contribution in [2.45, 2.75) is 26.2 Å². The first-order valence-electron chi connectivity index (χ1n) is 6.37. The summed E-state index contributed by atoms with van der Waals surface area (Å²) in [6.07, 6.45) is 3.72. The number of nitrogens with zero attached hydrogens (tertiary/aromatic N) is 1. The number of carbonyl (C=O) groups is 1. The smallest absolute Gasteiger partial charge is 0.224 e. The highest BCUT2D eigenvalue weighted by molar-refractivity contribution is 7.89. The molecule has 0 aliphatic carbocycles. The number of carbonyl (C=O) groups excluding carboxylic acids is 1. The van der Waals surface area contributed by atoms with Crippen molar-refractivity contribution < 1.29 is 13.2 Å². The number of sulfonamides is 1. The fraction of sp³-hybridized carbons (Fsp3) is 0.750. The first-order chi connectivity index (χ1) is 8.51. The van der Waals surface area contributed by atoms with Crippen molar-refractivity contribution in [2.24, 2.45) is 5.92 Å². The summed E-state index contributed by atoms with van der Waals surface area (Å²) in [5.41, 5.74) is 0. The minimum absolute atomic E-state index is 0.0775. The molecule has 1 aliphatic rings. The van der Waals surface area contributed by atoms with Gasteiger partial charge in [0.15, 0.2) is 0 Å². The molecule has 104 valence electrons. The van der Waals surface area contributed by atoms with E-state index in [1.165, 1.54) is 4.31 Å². The summed E-state index contributed by atoms with van der Waals surface area (Å²) in [6.45, 7) is 6.65. The van der Waals surface area contributed by atoms with Crippen molar-refractivity contribution in [3.05, 3.63) is 12.7 Å². The molecule has 1 amide bonds. The average molecular weight is 274 g/mol. The highest BCUT2D eigenvalue weighted by atomic mass is 32.2. The van der Waals surface area contributed by atoms with Crippen LogP contribution in [-0.4, -0.2) is 44.0 Å². The van der Waals surface area contributed by atoms with Crippen LogP contribution in [0.1, 0.15) is 26.2 Å². The van der Waals surface area contributed by atoms with Crippen molar-refractivity contribution in [2.75, 3.05) is 25.4 Å². The Bertz CT molecular complexity index is 392. The van der Waals surface area contributed by atoms with Crippen LogP contribution in [0.5, 0.6) is 0 Å². The van der Waals surface area contributed by atoms with Crippen LogP contribution in [0.25, 0.3) is 0 Å². The van der Waals surface area contributed by atoms with E-state index in [-0.39, 0.29) is 17.6 Å². The molecule has 1 saturated heterocycles. The van der Waals surface area contributed by atoms with Gasteiger partial charge in [0.05, 0.1) is 11.7 Å². The minimum atomic E-state index is -3.19. The van der Waals surface area contributed by atoms with E-state index in [1.54, 1.807) is 6.08 Å². The van der Waals surface area contributed by atoms with Crippen LogP contribution in [0.15, 0.2) is 12.7 Å². The number of hydrogen-bond acceptors (Lipinski definition) is 3. The third-order valence-corrected chi connectivity index (χ3v) is 5.07. The molecule has 1 atom stereocenters. The molecule has 1 rings (SSSR count). The molecule has 0 aromatic heterocycles. The second-order valence-corrected chi connectivity index (χ2v) is 6.64. The van der Waals surface area contributed by atoms with Crippen molar-refractivity contribution in [3.63, 3.8) is 0 Å². The standard InChI is InChI=1S/C12H22N2O3S/c1-3-7-13-12(15)11-6-5-8-14(10-11)18(16,17)9-4-2/h3,11H,1,4-10H2,2H3,(H,13,15). The largest absolute Gasteiger partial charge is 0.352 e. The first-order valence-corrected chi connectivity index (χ1v) is 7.98. The SMILES string of the molecule is C=CCNC(=O)C1CCCN(S(=O)(=O)CCC)C1. The van der Waals surface area contributed by atoms with Crippen LogP contribution in [0.3, 0.4) is 0 Å². The molecule has 5 nitrogen and oxygen atoms in total. The Labute approximate surface area is 109 Å². The van der Waals surface area contributed by atoms with Gasteiger partial charge in [-0.25, -0.2) is 12.7 Å². The van der Waals surface area contributed by atoms with Gasteiger partial charge in [-0.3, -0.25) is 4.79 Å². The monoisotopic (exact) mass is 274 g/mol. The van der Waals surface area contributed by atoms with E-state index in [9.17, 15) is 13.2 Å². The van der Waals surface area contributed by atoms with Gasteiger partial charge in [-0.15, -0.1) is 6.58 Å². The van der Waals surface area contributed by atoms with Gasteiger partial charge in [0.2, 0.25) is 15.9 Å². The molecule has 0 bridgehead atoms. The van der Waals surface area contributed by atoms with Gasteiger partial charge in [-0.05, 0) is 19.3 Å². The van der Waals surface area contributed by atoms with Crippen LogP contribution >= 0.6 is 0 Å². The molecular formula is C12H22N2O3S. The van der Waals surface area contributed by atoms with Crippen molar-refractivity contribution in [1.82, 2.24) is 9.62 Å². The molecule has 1 aliphatic heterocycles. The van der Waals surface area contributed by atoms with Gasteiger partial charge < -0.3 is 5.32 Å². The quantitative estimate of drug-likeness (QED) is 0.727. The van der Waals surface area contributed by atoms with E-state index in [0.717, 1.165) is 12.8 Å². The summed E-state index contributed by atoms with van der Waals surface area (Å²) in [6, 6.07) is 0. The maximum atomic E-state index is 11.9. The van der Waals surface area contributed by atoms with Gasteiger partial charge in [0.1, 0.15) is 0 Å². The van der Waals surface area contributed by atoms with E-state index >= 15 is 0 Å².